The Bertz CT molecular complexity index is 379. The number of carbonyl (C=O) groups is 1. The Hall–Kier alpha value is -1.03. The lowest BCUT2D eigenvalue weighted by Gasteiger charge is -2.15. The molecule has 2 N–H and O–H groups in total. The van der Waals surface area contributed by atoms with E-state index in [9.17, 15) is 4.79 Å². The van der Waals surface area contributed by atoms with E-state index in [-0.39, 0.29) is 0 Å². The van der Waals surface area contributed by atoms with Gasteiger partial charge in [0.2, 0.25) is 0 Å². The molecule has 0 spiro atoms. The van der Waals surface area contributed by atoms with E-state index in [0.29, 0.717) is 11.6 Å². The van der Waals surface area contributed by atoms with Crippen LogP contribution in [-0.2, 0) is 0 Å². The maximum Gasteiger partial charge on any atom is 0.335 e. The van der Waals surface area contributed by atoms with Crippen molar-refractivity contribution in [3.8, 4) is 0 Å². The summed E-state index contributed by atoms with van der Waals surface area (Å²) in [4.78, 5) is 10.7. The van der Waals surface area contributed by atoms with E-state index in [1.807, 2.05) is 0 Å². The third kappa shape index (κ3) is 3.52. The fraction of sp³-hybridized carbons (Fsp3) is 0.417. The summed E-state index contributed by atoms with van der Waals surface area (Å²) in [5.74, 6) is -0.908. The molecule has 0 bridgehead atoms. The van der Waals surface area contributed by atoms with Gasteiger partial charge >= 0.3 is 5.97 Å². The van der Waals surface area contributed by atoms with E-state index >= 15 is 0 Å². The van der Waals surface area contributed by atoms with Crippen LogP contribution < -0.4 is 5.32 Å². The van der Waals surface area contributed by atoms with Crippen LogP contribution in [0.2, 0.25) is 0 Å². The van der Waals surface area contributed by atoms with Gasteiger partial charge in [0.1, 0.15) is 0 Å². The maximum atomic E-state index is 10.7. The third-order valence-electron chi connectivity index (χ3n) is 2.34. The molecule has 0 aromatic heterocycles. The van der Waals surface area contributed by atoms with Gasteiger partial charge < -0.3 is 10.4 Å². The monoisotopic (exact) mass is 285 g/mol. The smallest absolute Gasteiger partial charge is 0.335 e. The molecule has 1 aromatic rings. The number of anilines is 1. The molecule has 0 heterocycles. The molecule has 88 valence electrons. The van der Waals surface area contributed by atoms with Crippen LogP contribution in [-0.4, -0.2) is 17.1 Å². The van der Waals surface area contributed by atoms with E-state index < -0.39 is 5.97 Å². The van der Waals surface area contributed by atoms with E-state index in [1.54, 1.807) is 18.2 Å². The summed E-state index contributed by atoms with van der Waals surface area (Å²) in [7, 11) is 0. The number of hydrogen-bond acceptors (Lipinski definition) is 2. The second-order valence-corrected chi connectivity index (χ2v) is 4.69. The molecule has 0 saturated carbocycles. The van der Waals surface area contributed by atoms with Crippen molar-refractivity contribution in [2.24, 2.45) is 0 Å². The van der Waals surface area contributed by atoms with E-state index in [1.165, 1.54) is 0 Å². The first-order valence-electron chi connectivity index (χ1n) is 5.34. The van der Waals surface area contributed by atoms with Gasteiger partial charge in [-0.15, -0.1) is 0 Å². The Labute approximate surface area is 104 Å². The lowest BCUT2D eigenvalue weighted by molar-refractivity contribution is 0.0697. The van der Waals surface area contributed by atoms with Crippen molar-refractivity contribution in [2.45, 2.75) is 32.7 Å². The zero-order chi connectivity index (χ0) is 12.1. The van der Waals surface area contributed by atoms with Crippen molar-refractivity contribution in [1.82, 2.24) is 0 Å². The van der Waals surface area contributed by atoms with Crippen molar-refractivity contribution >= 4 is 27.6 Å². The second kappa shape index (κ2) is 5.89. The average molecular weight is 286 g/mol. The number of hydrogen-bond donors (Lipinski definition) is 2. The number of halogens is 1. The van der Waals surface area contributed by atoms with E-state index in [2.05, 4.69) is 35.1 Å². The summed E-state index contributed by atoms with van der Waals surface area (Å²) in [5, 5.41) is 12.2. The molecule has 1 rings (SSSR count). The number of rotatable bonds is 5. The van der Waals surface area contributed by atoms with Crippen LogP contribution in [0.4, 0.5) is 5.69 Å². The summed E-state index contributed by atoms with van der Waals surface area (Å²) < 4.78 is 0.787. The highest BCUT2D eigenvalue weighted by Crippen LogP contribution is 2.24. The van der Waals surface area contributed by atoms with Crippen molar-refractivity contribution < 1.29 is 9.90 Å². The normalized spacial score (nSPS) is 12.2. The van der Waals surface area contributed by atoms with Gasteiger partial charge in [-0.2, -0.15) is 0 Å². The topological polar surface area (TPSA) is 49.3 Å². The summed E-state index contributed by atoms with van der Waals surface area (Å²) in [6, 6.07) is 5.40. The van der Waals surface area contributed by atoms with Crippen LogP contribution in [0.5, 0.6) is 0 Å². The van der Waals surface area contributed by atoms with Crippen LogP contribution in [0, 0.1) is 0 Å². The minimum atomic E-state index is -0.908. The van der Waals surface area contributed by atoms with Crippen molar-refractivity contribution in [1.29, 1.82) is 0 Å². The van der Waals surface area contributed by atoms with Crippen LogP contribution >= 0.6 is 15.9 Å². The number of aromatic carboxylic acids is 1. The fourth-order valence-electron chi connectivity index (χ4n) is 1.54. The minimum absolute atomic E-state index is 0.292. The predicted molar refractivity (Wildman–Crippen MR) is 69.1 cm³/mol. The fourth-order valence-corrected chi connectivity index (χ4v) is 2.03. The van der Waals surface area contributed by atoms with Gasteiger partial charge in [-0.05, 0) is 47.5 Å². The molecule has 0 aliphatic rings. The Morgan fingerprint density at radius 2 is 2.25 bits per heavy atom. The molecular weight excluding hydrogens is 270 g/mol. The van der Waals surface area contributed by atoms with Gasteiger partial charge in [-0.1, -0.05) is 13.3 Å². The molecule has 1 unspecified atom stereocenters. The molecule has 1 atom stereocenters. The van der Waals surface area contributed by atoms with Crippen molar-refractivity contribution in [3.05, 3.63) is 28.2 Å². The second-order valence-electron chi connectivity index (χ2n) is 3.83. The van der Waals surface area contributed by atoms with Gasteiger partial charge in [0.05, 0.1) is 5.56 Å². The van der Waals surface area contributed by atoms with Gasteiger partial charge in [0.15, 0.2) is 0 Å². The SMILES string of the molecule is CCCC(C)Nc1ccc(C(=O)O)cc1Br. The van der Waals surface area contributed by atoms with Crippen LogP contribution in [0.1, 0.15) is 37.0 Å². The average Bonchev–Trinajstić information content (AvgIpc) is 2.21. The van der Waals surface area contributed by atoms with E-state index in [0.717, 1.165) is 23.0 Å². The highest BCUT2D eigenvalue weighted by molar-refractivity contribution is 9.10. The largest absolute Gasteiger partial charge is 0.478 e. The first kappa shape index (κ1) is 13.0. The molecule has 0 aliphatic heterocycles. The Morgan fingerprint density at radius 3 is 2.75 bits per heavy atom. The molecule has 0 radical (unpaired) electrons. The van der Waals surface area contributed by atoms with Crippen LogP contribution in [0.25, 0.3) is 0 Å². The number of nitrogens with one attached hydrogen (secondary N) is 1. The highest BCUT2D eigenvalue weighted by atomic mass is 79.9. The summed E-state index contributed by atoms with van der Waals surface area (Å²) in [5.41, 5.74) is 1.23. The number of carboxylic acids is 1. The molecule has 0 amide bonds. The standard InChI is InChI=1S/C12H16BrNO2/c1-3-4-8(2)14-11-6-5-9(12(15)16)7-10(11)13/h5-8,14H,3-4H2,1-2H3,(H,15,16). The minimum Gasteiger partial charge on any atom is -0.478 e. The third-order valence-corrected chi connectivity index (χ3v) is 3.00. The van der Waals surface area contributed by atoms with Gasteiger partial charge in [-0.25, -0.2) is 4.79 Å². The molecule has 16 heavy (non-hydrogen) atoms. The molecular formula is C12H16BrNO2. The lowest BCUT2D eigenvalue weighted by Crippen LogP contribution is -2.15. The highest BCUT2D eigenvalue weighted by Gasteiger charge is 2.08. The lowest BCUT2D eigenvalue weighted by atomic mass is 10.1. The number of carboxylic acid groups (broad SMARTS) is 1. The van der Waals surface area contributed by atoms with Crippen molar-refractivity contribution in [3.63, 3.8) is 0 Å². The molecule has 3 nitrogen and oxygen atoms in total. The molecule has 1 aromatic carbocycles. The van der Waals surface area contributed by atoms with Gasteiger partial charge in [0, 0.05) is 16.2 Å². The van der Waals surface area contributed by atoms with E-state index in [4.69, 9.17) is 5.11 Å². The predicted octanol–water partition coefficient (Wildman–Crippen LogP) is 3.75. The Kier molecular flexibility index (Phi) is 4.80. The van der Waals surface area contributed by atoms with Gasteiger partial charge in [0.25, 0.3) is 0 Å². The first-order valence-corrected chi connectivity index (χ1v) is 6.13. The Balaban J connectivity index is 2.79. The molecule has 0 saturated heterocycles. The molecule has 0 fully saturated rings. The summed E-state index contributed by atoms with van der Waals surface area (Å²) in [6.45, 7) is 4.25. The molecule has 4 heteroatoms. The number of benzene rings is 1. The van der Waals surface area contributed by atoms with Crippen LogP contribution in [0.15, 0.2) is 22.7 Å². The van der Waals surface area contributed by atoms with Crippen LogP contribution in [0.3, 0.4) is 0 Å². The zero-order valence-corrected chi connectivity index (χ0v) is 11.0. The summed E-state index contributed by atoms with van der Waals surface area (Å²) in [6.07, 6.45) is 2.21. The first-order chi connectivity index (χ1) is 7.54. The summed E-state index contributed by atoms with van der Waals surface area (Å²) >= 11 is 3.37. The molecule has 0 aliphatic carbocycles. The van der Waals surface area contributed by atoms with Gasteiger partial charge in [-0.3, -0.25) is 0 Å². The zero-order valence-electron chi connectivity index (χ0n) is 9.46. The Morgan fingerprint density at radius 1 is 1.56 bits per heavy atom. The maximum absolute atomic E-state index is 10.7. The quantitative estimate of drug-likeness (QED) is 0.866. The van der Waals surface area contributed by atoms with Crippen molar-refractivity contribution in [2.75, 3.05) is 5.32 Å².